The molecule has 1 atom stereocenters. The van der Waals surface area contributed by atoms with Gasteiger partial charge in [-0.3, -0.25) is 9.78 Å². The summed E-state index contributed by atoms with van der Waals surface area (Å²) in [5.41, 5.74) is 2.53. The van der Waals surface area contributed by atoms with E-state index in [0.29, 0.717) is 18.0 Å². The summed E-state index contributed by atoms with van der Waals surface area (Å²) >= 11 is 0. The van der Waals surface area contributed by atoms with Gasteiger partial charge in [-0.25, -0.2) is 8.42 Å². The van der Waals surface area contributed by atoms with Crippen molar-refractivity contribution in [3.63, 3.8) is 0 Å². The normalized spacial score (nSPS) is 17.6. The van der Waals surface area contributed by atoms with Crippen molar-refractivity contribution in [2.75, 3.05) is 18.8 Å². The molecule has 3 heterocycles. The highest BCUT2D eigenvalue weighted by Crippen LogP contribution is 2.14. The van der Waals surface area contributed by atoms with Crippen molar-refractivity contribution >= 4 is 15.7 Å². The second-order valence-corrected chi connectivity index (χ2v) is 10.3. The summed E-state index contributed by atoms with van der Waals surface area (Å²) < 4.78 is 29.0. The van der Waals surface area contributed by atoms with Gasteiger partial charge in [0.15, 0.2) is 9.84 Å². The molecule has 1 aliphatic heterocycles. The number of hydrogen-bond acceptors (Lipinski definition) is 7. The van der Waals surface area contributed by atoms with E-state index in [2.05, 4.69) is 15.6 Å². The number of allylic oxidation sites excluding steroid dienone is 1. The highest BCUT2D eigenvalue weighted by atomic mass is 32.2. The Kier molecular flexibility index (Phi) is 8.87. The van der Waals surface area contributed by atoms with E-state index >= 15 is 0 Å². The first-order chi connectivity index (χ1) is 15.4. The number of hydrogen-bond donors (Lipinski definition) is 3. The molecule has 0 aliphatic carbocycles. The number of furan rings is 1. The summed E-state index contributed by atoms with van der Waals surface area (Å²) in [5.74, 6) is -1.62. The predicted octanol–water partition coefficient (Wildman–Crippen LogP) is 2.46. The zero-order valence-electron chi connectivity index (χ0n) is 18.1. The Balaban J connectivity index is 1.44. The van der Waals surface area contributed by atoms with E-state index in [-0.39, 0.29) is 18.1 Å². The molecular formula is C23H31N3O5S. The van der Waals surface area contributed by atoms with Crippen molar-refractivity contribution < 1.29 is 22.7 Å². The van der Waals surface area contributed by atoms with Gasteiger partial charge in [-0.05, 0) is 55.6 Å². The van der Waals surface area contributed by atoms with Crippen molar-refractivity contribution in [2.24, 2.45) is 0 Å². The SMILES string of the molecule is O=C(CS(=O)(=O)Cc1ccoc1)NCC(O)=CCc1cc(CC2CCCCCN2)ccn1. The molecule has 2 aromatic rings. The Labute approximate surface area is 189 Å². The fourth-order valence-corrected chi connectivity index (χ4v) is 5.02. The first-order valence-electron chi connectivity index (χ1n) is 10.9. The number of nitrogens with zero attached hydrogens (tertiary/aromatic N) is 1. The van der Waals surface area contributed by atoms with E-state index in [1.807, 2.05) is 12.1 Å². The van der Waals surface area contributed by atoms with Crippen LogP contribution in [0.15, 0.2) is 53.2 Å². The van der Waals surface area contributed by atoms with Crippen LogP contribution in [0.4, 0.5) is 0 Å². The van der Waals surface area contributed by atoms with Crippen molar-refractivity contribution in [3.05, 3.63) is 65.6 Å². The molecule has 0 saturated carbocycles. The van der Waals surface area contributed by atoms with Crippen LogP contribution in [0.3, 0.4) is 0 Å². The maximum Gasteiger partial charge on any atom is 0.235 e. The van der Waals surface area contributed by atoms with Gasteiger partial charge in [0.1, 0.15) is 11.5 Å². The lowest BCUT2D eigenvalue weighted by Crippen LogP contribution is -2.32. The molecule has 1 amide bonds. The lowest BCUT2D eigenvalue weighted by molar-refractivity contribution is -0.118. The minimum absolute atomic E-state index is 0.0387. The van der Waals surface area contributed by atoms with Crippen molar-refractivity contribution in [3.8, 4) is 0 Å². The topological polar surface area (TPSA) is 122 Å². The zero-order chi connectivity index (χ0) is 22.8. The molecule has 8 nitrogen and oxygen atoms in total. The van der Waals surface area contributed by atoms with Gasteiger partial charge >= 0.3 is 0 Å². The molecule has 1 saturated heterocycles. The summed E-state index contributed by atoms with van der Waals surface area (Å²) in [6.07, 6.45) is 12.4. The Morgan fingerprint density at radius 2 is 2.16 bits per heavy atom. The molecule has 0 spiro atoms. The summed E-state index contributed by atoms with van der Waals surface area (Å²) in [6.45, 7) is 0.932. The number of nitrogens with one attached hydrogen (secondary N) is 2. The van der Waals surface area contributed by atoms with Gasteiger partial charge in [0.25, 0.3) is 0 Å². The second kappa shape index (κ2) is 11.8. The standard InChI is InChI=1S/C23H31N3O5S/c27-22(14-26-23(28)17-32(29,30)16-19-8-11-31-15-19)6-5-21-13-18(7-10-25-21)12-20-4-2-1-3-9-24-20/h6-8,10-11,13,15,20,24,27H,1-5,9,12,14,16-17H2,(H,26,28). The Hall–Kier alpha value is -2.65. The number of rotatable bonds is 10. The van der Waals surface area contributed by atoms with E-state index in [4.69, 9.17) is 4.42 Å². The van der Waals surface area contributed by atoms with E-state index < -0.39 is 21.5 Å². The summed E-state index contributed by atoms with van der Waals surface area (Å²) in [6, 6.07) is 6.08. The second-order valence-electron chi connectivity index (χ2n) is 8.20. The predicted molar refractivity (Wildman–Crippen MR) is 122 cm³/mol. The third-order valence-electron chi connectivity index (χ3n) is 5.36. The Morgan fingerprint density at radius 3 is 2.97 bits per heavy atom. The van der Waals surface area contributed by atoms with E-state index in [1.165, 1.54) is 43.8 Å². The summed E-state index contributed by atoms with van der Waals surface area (Å²) in [7, 11) is -3.61. The number of amides is 1. The van der Waals surface area contributed by atoms with Gasteiger partial charge in [0.05, 0.1) is 24.8 Å². The molecule has 9 heteroatoms. The molecular weight excluding hydrogens is 430 g/mol. The minimum Gasteiger partial charge on any atom is -0.511 e. The molecule has 1 fully saturated rings. The quantitative estimate of drug-likeness (QED) is 0.465. The zero-order valence-corrected chi connectivity index (χ0v) is 18.9. The molecule has 1 aliphatic rings. The number of aliphatic hydroxyl groups is 1. The average molecular weight is 462 g/mol. The number of pyridine rings is 1. The van der Waals surface area contributed by atoms with Crippen LogP contribution < -0.4 is 10.6 Å². The van der Waals surface area contributed by atoms with Gasteiger partial charge in [0.2, 0.25) is 5.91 Å². The van der Waals surface area contributed by atoms with Crippen LogP contribution in [0.5, 0.6) is 0 Å². The maximum absolute atomic E-state index is 12.1. The molecule has 1 unspecified atom stereocenters. The van der Waals surface area contributed by atoms with Crippen LogP contribution in [0, 0.1) is 0 Å². The van der Waals surface area contributed by atoms with Crippen LogP contribution in [0.25, 0.3) is 0 Å². The Bertz CT molecular complexity index is 994. The maximum atomic E-state index is 12.1. The third kappa shape index (κ3) is 8.47. The summed E-state index contributed by atoms with van der Waals surface area (Å²) in [4.78, 5) is 16.3. The van der Waals surface area contributed by atoms with Gasteiger partial charge in [-0.1, -0.05) is 12.8 Å². The molecule has 174 valence electrons. The third-order valence-corrected chi connectivity index (χ3v) is 6.83. The fraction of sp³-hybridized carbons (Fsp3) is 0.478. The van der Waals surface area contributed by atoms with Crippen LogP contribution in [0.2, 0.25) is 0 Å². The lowest BCUT2D eigenvalue weighted by atomic mass is 10.0. The minimum atomic E-state index is -3.61. The molecule has 3 rings (SSSR count). The van der Waals surface area contributed by atoms with Gasteiger partial charge in [-0.2, -0.15) is 0 Å². The highest BCUT2D eigenvalue weighted by molar-refractivity contribution is 7.91. The van der Waals surface area contributed by atoms with Gasteiger partial charge in [0, 0.05) is 29.9 Å². The number of aliphatic hydroxyl groups excluding tert-OH is 1. The molecule has 0 aromatic carbocycles. The number of carbonyl (C=O) groups excluding carboxylic acids is 1. The largest absolute Gasteiger partial charge is 0.511 e. The first-order valence-corrected chi connectivity index (χ1v) is 12.8. The first kappa shape index (κ1) is 24.0. The number of sulfone groups is 1. The fourth-order valence-electron chi connectivity index (χ4n) is 3.74. The monoisotopic (exact) mass is 461 g/mol. The van der Waals surface area contributed by atoms with E-state index in [0.717, 1.165) is 18.7 Å². The average Bonchev–Trinajstić information content (AvgIpc) is 3.11. The highest BCUT2D eigenvalue weighted by Gasteiger charge is 2.18. The Morgan fingerprint density at radius 1 is 1.28 bits per heavy atom. The van der Waals surface area contributed by atoms with Crippen LogP contribution >= 0.6 is 0 Å². The van der Waals surface area contributed by atoms with Crippen LogP contribution in [-0.2, 0) is 33.2 Å². The van der Waals surface area contributed by atoms with Crippen molar-refractivity contribution in [1.82, 2.24) is 15.6 Å². The van der Waals surface area contributed by atoms with E-state index in [9.17, 15) is 18.3 Å². The van der Waals surface area contributed by atoms with Gasteiger partial charge < -0.3 is 20.2 Å². The number of carbonyl (C=O) groups is 1. The van der Waals surface area contributed by atoms with Gasteiger partial charge in [-0.15, -0.1) is 0 Å². The molecule has 0 radical (unpaired) electrons. The molecule has 2 aromatic heterocycles. The van der Waals surface area contributed by atoms with Crippen molar-refractivity contribution in [2.45, 2.75) is 50.3 Å². The number of aromatic nitrogens is 1. The lowest BCUT2D eigenvalue weighted by Gasteiger charge is -2.15. The smallest absolute Gasteiger partial charge is 0.235 e. The molecule has 32 heavy (non-hydrogen) atoms. The van der Waals surface area contributed by atoms with Crippen LogP contribution in [-0.4, -0.2) is 49.3 Å². The summed E-state index contributed by atoms with van der Waals surface area (Å²) in [5, 5.41) is 16.1. The van der Waals surface area contributed by atoms with E-state index in [1.54, 1.807) is 18.3 Å². The van der Waals surface area contributed by atoms with Crippen LogP contribution in [0.1, 0.15) is 42.5 Å². The van der Waals surface area contributed by atoms with Crippen molar-refractivity contribution in [1.29, 1.82) is 0 Å². The molecule has 0 bridgehead atoms. The molecule has 3 N–H and O–H groups in total.